The van der Waals surface area contributed by atoms with Gasteiger partial charge < -0.3 is 14.2 Å². The van der Waals surface area contributed by atoms with E-state index in [2.05, 4.69) is 24.3 Å². The van der Waals surface area contributed by atoms with Gasteiger partial charge in [-0.15, -0.1) is 0 Å². The molecule has 156 valence electrons. The minimum atomic E-state index is 0.503. The van der Waals surface area contributed by atoms with Gasteiger partial charge in [0.2, 0.25) is 0 Å². The number of benzene rings is 3. The van der Waals surface area contributed by atoms with Crippen LogP contribution < -0.4 is 14.2 Å². The van der Waals surface area contributed by atoms with Gasteiger partial charge in [0.1, 0.15) is 19.0 Å². The normalized spacial score (nSPS) is 14.3. The molecule has 0 radical (unpaired) electrons. The molecular formula is C27H30O3. The summed E-state index contributed by atoms with van der Waals surface area (Å²) in [5.74, 6) is 2.96. The summed E-state index contributed by atoms with van der Waals surface area (Å²) in [6.45, 7) is 1.79. The lowest BCUT2D eigenvalue weighted by molar-refractivity contribution is 0.196. The smallest absolute Gasteiger partial charge is 0.165 e. The van der Waals surface area contributed by atoms with Crippen LogP contribution in [-0.2, 0) is 13.2 Å². The van der Waals surface area contributed by atoms with Crippen molar-refractivity contribution in [2.45, 2.75) is 45.3 Å². The van der Waals surface area contributed by atoms with Gasteiger partial charge in [0.05, 0.1) is 6.61 Å². The van der Waals surface area contributed by atoms with Gasteiger partial charge in [-0.05, 0) is 42.0 Å². The zero-order chi connectivity index (χ0) is 20.4. The fourth-order valence-electron chi connectivity index (χ4n) is 3.85. The first kappa shape index (κ1) is 20.3. The van der Waals surface area contributed by atoms with Crippen molar-refractivity contribution in [1.29, 1.82) is 0 Å². The Bertz CT molecular complexity index is 886. The third-order valence-electron chi connectivity index (χ3n) is 5.60. The molecule has 30 heavy (non-hydrogen) atoms. The average Bonchev–Trinajstić information content (AvgIpc) is 2.82. The first-order valence-corrected chi connectivity index (χ1v) is 11.0. The van der Waals surface area contributed by atoms with Crippen LogP contribution in [0.3, 0.4) is 0 Å². The molecule has 4 rings (SSSR count). The monoisotopic (exact) mass is 402 g/mol. The zero-order valence-corrected chi connectivity index (χ0v) is 17.5. The molecule has 0 aromatic heterocycles. The lowest BCUT2D eigenvalue weighted by Crippen LogP contribution is -2.15. The highest BCUT2D eigenvalue weighted by molar-refractivity contribution is 5.46. The first-order valence-electron chi connectivity index (χ1n) is 11.0. The molecular weight excluding hydrogens is 372 g/mol. The second kappa shape index (κ2) is 10.7. The largest absolute Gasteiger partial charge is 0.489 e. The Morgan fingerprint density at radius 1 is 0.600 bits per heavy atom. The van der Waals surface area contributed by atoms with E-state index in [-0.39, 0.29) is 0 Å². The van der Waals surface area contributed by atoms with Crippen LogP contribution in [0.2, 0.25) is 0 Å². The Kier molecular flexibility index (Phi) is 7.27. The zero-order valence-electron chi connectivity index (χ0n) is 17.5. The lowest BCUT2D eigenvalue weighted by atomic mass is 9.90. The van der Waals surface area contributed by atoms with E-state index in [1.807, 2.05) is 54.6 Å². The fourth-order valence-corrected chi connectivity index (χ4v) is 3.85. The van der Waals surface area contributed by atoms with Crippen molar-refractivity contribution < 1.29 is 14.2 Å². The summed E-state index contributed by atoms with van der Waals surface area (Å²) in [4.78, 5) is 0. The molecule has 0 bridgehead atoms. The highest BCUT2D eigenvalue weighted by atomic mass is 16.5. The molecule has 0 saturated heterocycles. The van der Waals surface area contributed by atoms with Crippen molar-refractivity contribution in [3.63, 3.8) is 0 Å². The molecule has 1 fully saturated rings. The fraction of sp³-hybridized carbons (Fsp3) is 0.333. The minimum absolute atomic E-state index is 0.503. The predicted octanol–water partition coefficient (Wildman–Crippen LogP) is 6.80. The molecule has 1 aliphatic rings. The highest BCUT2D eigenvalue weighted by Gasteiger charge is 2.16. The number of ether oxygens (including phenoxy) is 3. The van der Waals surface area contributed by atoms with E-state index in [9.17, 15) is 0 Å². The molecule has 3 heteroatoms. The molecule has 3 nitrogen and oxygen atoms in total. The summed E-state index contributed by atoms with van der Waals surface area (Å²) in [7, 11) is 0. The van der Waals surface area contributed by atoms with Crippen molar-refractivity contribution in [2.24, 2.45) is 5.92 Å². The van der Waals surface area contributed by atoms with Crippen molar-refractivity contribution >= 4 is 0 Å². The van der Waals surface area contributed by atoms with E-state index in [4.69, 9.17) is 14.2 Å². The standard InChI is InChI=1S/C27H30O3/c1-4-10-22(11-5-1)19-28-25-16-17-26(29-20-23-12-6-2-7-13-23)27(18-25)30-21-24-14-8-3-9-15-24/h1,3-5,8-11,14-18,23H,2,6-7,12-13,19-21H2. The SMILES string of the molecule is c1ccc(COc2ccc(OCC3CCCCC3)c(OCc3ccccc3)c2)cc1. The molecule has 0 spiro atoms. The third kappa shape index (κ3) is 6.03. The van der Waals surface area contributed by atoms with Crippen LogP contribution in [-0.4, -0.2) is 6.61 Å². The van der Waals surface area contributed by atoms with Crippen LogP contribution in [0.25, 0.3) is 0 Å². The number of hydrogen-bond acceptors (Lipinski definition) is 3. The van der Waals surface area contributed by atoms with E-state index >= 15 is 0 Å². The highest BCUT2D eigenvalue weighted by Crippen LogP contribution is 2.34. The molecule has 0 aliphatic heterocycles. The van der Waals surface area contributed by atoms with E-state index in [0.29, 0.717) is 19.1 Å². The Hall–Kier alpha value is -2.94. The van der Waals surface area contributed by atoms with E-state index in [1.54, 1.807) is 0 Å². The lowest BCUT2D eigenvalue weighted by Gasteiger charge is -2.22. The Balaban J connectivity index is 1.44. The summed E-state index contributed by atoms with van der Waals surface area (Å²) in [5, 5.41) is 0. The molecule has 0 unspecified atom stereocenters. The van der Waals surface area contributed by atoms with Gasteiger partial charge >= 0.3 is 0 Å². The summed E-state index contributed by atoms with van der Waals surface area (Å²) in [5.41, 5.74) is 2.27. The Labute approximate surface area is 179 Å². The second-order valence-corrected chi connectivity index (χ2v) is 7.97. The summed E-state index contributed by atoms with van der Waals surface area (Å²) in [6, 6.07) is 26.3. The maximum absolute atomic E-state index is 6.20. The van der Waals surface area contributed by atoms with Crippen molar-refractivity contribution in [3.05, 3.63) is 90.0 Å². The van der Waals surface area contributed by atoms with E-state index in [0.717, 1.165) is 35.0 Å². The molecule has 0 atom stereocenters. The molecule has 0 amide bonds. The van der Waals surface area contributed by atoms with Crippen LogP contribution in [0.5, 0.6) is 17.2 Å². The van der Waals surface area contributed by atoms with Gasteiger partial charge in [-0.3, -0.25) is 0 Å². The second-order valence-electron chi connectivity index (χ2n) is 7.97. The van der Waals surface area contributed by atoms with Gasteiger partial charge in [0.15, 0.2) is 11.5 Å². The molecule has 1 aliphatic carbocycles. The van der Waals surface area contributed by atoms with Gasteiger partial charge in [-0.2, -0.15) is 0 Å². The first-order chi connectivity index (χ1) is 14.9. The van der Waals surface area contributed by atoms with Gasteiger partial charge in [-0.1, -0.05) is 79.9 Å². The van der Waals surface area contributed by atoms with Crippen LogP contribution in [0.4, 0.5) is 0 Å². The number of rotatable bonds is 9. The van der Waals surface area contributed by atoms with E-state index < -0.39 is 0 Å². The predicted molar refractivity (Wildman–Crippen MR) is 120 cm³/mol. The maximum atomic E-state index is 6.20. The molecule has 0 N–H and O–H groups in total. The van der Waals surface area contributed by atoms with Crippen LogP contribution in [0.15, 0.2) is 78.9 Å². The van der Waals surface area contributed by atoms with Crippen molar-refractivity contribution in [1.82, 2.24) is 0 Å². The quantitative estimate of drug-likeness (QED) is 0.394. The summed E-state index contributed by atoms with van der Waals surface area (Å²) < 4.78 is 18.4. The van der Waals surface area contributed by atoms with Gasteiger partial charge in [0.25, 0.3) is 0 Å². The van der Waals surface area contributed by atoms with Crippen LogP contribution >= 0.6 is 0 Å². The van der Waals surface area contributed by atoms with Crippen LogP contribution in [0.1, 0.15) is 43.2 Å². The minimum Gasteiger partial charge on any atom is -0.489 e. The molecule has 1 saturated carbocycles. The summed E-state index contributed by atoms with van der Waals surface area (Å²) >= 11 is 0. The summed E-state index contributed by atoms with van der Waals surface area (Å²) in [6.07, 6.45) is 6.52. The maximum Gasteiger partial charge on any atom is 0.165 e. The number of hydrogen-bond donors (Lipinski definition) is 0. The molecule has 3 aromatic rings. The van der Waals surface area contributed by atoms with Crippen molar-refractivity contribution in [2.75, 3.05) is 6.61 Å². The van der Waals surface area contributed by atoms with E-state index in [1.165, 1.54) is 32.1 Å². The Morgan fingerprint density at radius 3 is 1.90 bits per heavy atom. The van der Waals surface area contributed by atoms with Gasteiger partial charge in [0, 0.05) is 6.07 Å². The Morgan fingerprint density at radius 2 is 1.23 bits per heavy atom. The average molecular weight is 403 g/mol. The van der Waals surface area contributed by atoms with Gasteiger partial charge in [-0.25, -0.2) is 0 Å². The third-order valence-corrected chi connectivity index (χ3v) is 5.60. The molecule has 0 heterocycles. The molecule has 3 aromatic carbocycles. The van der Waals surface area contributed by atoms with Crippen molar-refractivity contribution in [3.8, 4) is 17.2 Å². The topological polar surface area (TPSA) is 27.7 Å². The van der Waals surface area contributed by atoms with Crippen LogP contribution in [0, 0.1) is 5.92 Å².